The second kappa shape index (κ2) is 8.01. The van der Waals surface area contributed by atoms with E-state index in [1.165, 1.54) is 0 Å². The molecule has 1 unspecified atom stereocenters. The van der Waals surface area contributed by atoms with Crippen LogP contribution in [0.4, 0.5) is 0 Å². The minimum Gasteiger partial charge on any atom is -0.497 e. The number of carbonyl (C=O) groups is 1. The number of benzene rings is 2. The molecule has 0 saturated carbocycles. The van der Waals surface area contributed by atoms with Crippen molar-refractivity contribution in [1.82, 2.24) is 16.0 Å². The highest BCUT2D eigenvalue weighted by Gasteiger charge is 2.29. The Morgan fingerprint density at radius 3 is 2.50 bits per heavy atom. The topological polar surface area (TPSA) is 62.4 Å². The van der Waals surface area contributed by atoms with Gasteiger partial charge in [0.2, 0.25) is 0 Å². The monoisotopic (exact) mass is 367 g/mol. The average molecular weight is 367 g/mol. The molecule has 0 aliphatic carbocycles. The fraction of sp³-hybridized carbons (Fsp3) is 0.200. The van der Waals surface area contributed by atoms with Crippen LogP contribution in [0.2, 0.25) is 0 Å². The standard InChI is InChI=1S/C20H21N3O2S/c1-13-17(19(24)21-12-14-6-4-3-5-7-14)18(23-20(26)22-13)15-8-10-16(25-2)11-9-15/h3-11,18H,12H2,1-2H3,(H,21,24)(H2,22,23,26). The highest BCUT2D eigenvalue weighted by molar-refractivity contribution is 7.80. The van der Waals surface area contributed by atoms with Crippen molar-refractivity contribution in [2.24, 2.45) is 0 Å². The lowest BCUT2D eigenvalue weighted by Crippen LogP contribution is -2.46. The van der Waals surface area contributed by atoms with Gasteiger partial charge in [0.25, 0.3) is 5.91 Å². The molecule has 134 valence electrons. The molecule has 5 nitrogen and oxygen atoms in total. The van der Waals surface area contributed by atoms with Gasteiger partial charge in [0.15, 0.2) is 5.11 Å². The fourth-order valence-electron chi connectivity index (χ4n) is 2.91. The zero-order chi connectivity index (χ0) is 18.5. The summed E-state index contributed by atoms with van der Waals surface area (Å²) in [7, 11) is 1.62. The molecule has 0 aromatic heterocycles. The van der Waals surface area contributed by atoms with Gasteiger partial charge in [-0.3, -0.25) is 4.79 Å². The summed E-state index contributed by atoms with van der Waals surface area (Å²) in [5, 5.41) is 9.73. The fourth-order valence-corrected chi connectivity index (χ4v) is 3.19. The van der Waals surface area contributed by atoms with Crippen LogP contribution in [0.25, 0.3) is 0 Å². The maximum Gasteiger partial charge on any atom is 0.251 e. The van der Waals surface area contributed by atoms with E-state index in [9.17, 15) is 4.79 Å². The van der Waals surface area contributed by atoms with E-state index in [-0.39, 0.29) is 11.9 Å². The largest absolute Gasteiger partial charge is 0.497 e. The maximum absolute atomic E-state index is 12.9. The molecule has 0 radical (unpaired) electrons. The van der Waals surface area contributed by atoms with Gasteiger partial charge in [-0.15, -0.1) is 0 Å². The highest BCUT2D eigenvalue weighted by atomic mass is 32.1. The van der Waals surface area contributed by atoms with Crippen LogP contribution in [0.15, 0.2) is 65.9 Å². The number of carbonyl (C=O) groups excluding carboxylic acids is 1. The highest BCUT2D eigenvalue weighted by Crippen LogP contribution is 2.28. The number of rotatable bonds is 5. The quantitative estimate of drug-likeness (QED) is 0.710. The molecule has 1 atom stereocenters. The number of allylic oxidation sites excluding steroid dienone is 1. The van der Waals surface area contributed by atoms with Gasteiger partial charge in [-0.2, -0.15) is 0 Å². The maximum atomic E-state index is 12.9. The van der Waals surface area contributed by atoms with Crippen molar-refractivity contribution < 1.29 is 9.53 Å². The second-order valence-electron chi connectivity index (χ2n) is 6.01. The van der Waals surface area contributed by atoms with Gasteiger partial charge in [-0.25, -0.2) is 0 Å². The van der Waals surface area contributed by atoms with Crippen molar-refractivity contribution >= 4 is 23.2 Å². The van der Waals surface area contributed by atoms with Gasteiger partial charge >= 0.3 is 0 Å². The predicted molar refractivity (Wildman–Crippen MR) is 106 cm³/mol. The molecule has 2 aromatic rings. The molecule has 0 fully saturated rings. The van der Waals surface area contributed by atoms with Crippen molar-refractivity contribution in [3.8, 4) is 5.75 Å². The number of methoxy groups -OCH3 is 1. The smallest absolute Gasteiger partial charge is 0.251 e. The van der Waals surface area contributed by atoms with Crippen LogP contribution in [0.1, 0.15) is 24.1 Å². The second-order valence-corrected chi connectivity index (χ2v) is 6.42. The van der Waals surface area contributed by atoms with E-state index >= 15 is 0 Å². The molecule has 2 aromatic carbocycles. The number of amides is 1. The van der Waals surface area contributed by atoms with E-state index in [0.29, 0.717) is 17.2 Å². The Morgan fingerprint density at radius 2 is 1.85 bits per heavy atom. The number of hydrogen-bond donors (Lipinski definition) is 3. The number of hydrogen-bond acceptors (Lipinski definition) is 3. The van der Waals surface area contributed by atoms with E-state index in [1.54, 1.807) is 7.11 Å². The predicted octanol–water partition coefficient (Wildman–Crippen LogP) is 2.80. The van der Waals surface area contributed by atoms with Crippen LogP contribution in [0, 0.1) is 0 Å². The lowest BCUT2D eigenvalue weighted by Gasteiger charge is -2.30. The van der Waals surface area contributed by atoms with Gasteiger partial charge in [-0.1, -0.05) is 42.5 Å². The summed E-state index contributed by atoms with van der Waals surface area (Å²) in [6, 6.07) is 17.1. The molecule has 3 N–H and O–H groups in total. The molecule has 26 heavy (non-hydrogen) atoms. The first kappa shape index (κ1) is 17.9. The molecule has 0 saturated heterocycles. The molecule has 0 spiro atoms. The SMILES string of the molecule is COc1ccc(C2NC(=S)NC(C)=C2C(=O)NCc2ccccc2)cc1. The third kappa shape index (κ3) is 4.03. The van der Waals surface area contributed by atoms with Crippen molar-refractivity contribution in [2.75, 3.05) is 7.11 Å². The lowest BCUT2D eigenvalue weighted by atomic mass is 9.95. The summed E-state index contributed by atoms with van der Waals surface area (Å²) in [6.45, 7) is 2.33. The van der Waals surface area contributed by atoms with Gasteiger partial charge in [0.05, 0.1) is 18.7 Å². The van der Waals surface area contributed by atoms with Crippen LogP contribution in [0.3, 0.4) is 0 Å². The number of nitrogens with one attached hydrogen (secondary N) is 3. The van der Waals surface area contributed by atoms with E-state index in [0.717, 1.165) is 22.6 Å². The van der Waals surface area contributed by atoms with Gasteiger partial charge in [-0.05, 0) is 42.4 Å². The van der Waals surface area contributed by atoms with Crippen LogP contribution in [-0.4, -0.2) is 18.1 Å². The number of ether oxygens (including phenoxy) is 1. The first-order valence-corrected chi connectivity index (χ1v) is 8.73. The zero-order valence-electron chi connectivity index (χ0n) is 14.7. The summed E-state index contributed by atoms with van der Waals surface area (Å²) in [5.41, 5.74) is 3.37. The Labute approximate surface area is 158 Å². The van der Waals surface area contributed by atoms with E-state index in [4.69, 9.17) is 17.0 Å². The molecule has 0 bridgehead atoms. The van der Waals surface area contributed by atoms with Crippen molar-refractivity contribution in [2.45, 2.75) is 19.5 Å². The summed E-state index contributed by atoms with van der Waals surface area (Å²) >= 11 is 5.28. The third-order valence-electron chi connectivity index (χ3n) is 4.26. The Morgan fingerprint density at radius 1 is 1.15 bits per heavy atom. The molecular formula is C20H21N3O2S. The van der Waals surface area contributed by atoms with E-state index in [1.807, 2.05) is 61.5 Å². The van der Waals surface area contributed by atoms with Crippen LogP contribution < -0.4 is 20.7 Å². The molecule has 1 aliphatic heterocycles. The third-order valence-corrected chi connectivity index (χ3v) is 4.48. The van der Waals surface area contributed by atoms with Crippen LogP contribution in [0.5, 0.6) is 5.75 Å². The number of thiocarbonyl (C=S) groups is 1. The summed E-state index contributed by atoms with van der Waals surface area (Å²) in [6.07, 6.45) is 0. The van der Waals surface area contributed by atoms with Gasteiger partial charge < -0.3 is 20.7 Å². The Balaban J connectivity index is 1.83. The Bertz CT molecular complexity index is 832. The van der Waals surface area contributed by atoms with E-state index in [2.05, 4.69) is 16.0 Å². The normalized spacial score (nSPS) is 16.5. The summed E-state index contributed by atoms with van der Waals surface area (Å²) in [4.78, 5) is 12.9. The Kier molecular flexibility index (Phi) is 5.53. The molecule has 1 amide bonds. The molecule has 1 heterocycles. The Hall–Kier alpha value is -2.86. The summed E-state index contributed by atoms with van der Waals surface area (Å²) < 4.78 is 5.21. The van der Waals surface area contributed by atoms with Gasteiger partial charge in [0, 0.05) is 12.2 Å². The van der Waals surface area contributed by atoms with Crippen LogP contribution >= 0.6 is 12.2 Å². The summed E-state index contributed by atoms with van der Waals surface area (Å²) in [5.74, 6) is 0.635. The minimum atomic E-state index is -0.314. The van der Waals surface area contributed by atoms with Crippen molar-refractivity contribution in [3.05, 3.63) is 77.0 Å². The van der Waals surface area contributed by atoms with Crippen molar-refractivity contribution in [1.29, 1.82) is 0 Å². The zero-order valence-corrected chi connectivity index (χ0v) is 15.5. The van der Waals surface area contributed by atoms with Gasteiger partial charge in [0.1, 0.15) is 5.75 Å². The first-order chi connectivity index (χ1) is 12.6. The molecule has 3 rings (SSSR count). The average Bonchev–Trinajstić information content (AvgIpc) is 2.66. The van der Waals surface area contributed by atoms with E-state index < -0.39 is 0 Å². The molecular weight excluding hydrogens is 346 g/mol. The molecule has 6 heteroatoms. The van der Waals surface area contributed by atoms with Crippen LogP contribution in [-0.2, 0) is 11.3 Å². The molecule has 1 aliphatic rings. The lowest BCUT2D eigenvalue weighted by molar-refractivity contribution is -0.118. The minimum absolute atomic E-state index is 0.130. The first-order valence-electron chi connectivity index (χ1n) is 8.33. The van der Waals surface area contributed by atoms with Crippen molar-refractivity contribution in [3.63, 3.8) is 0 Å².